The van der Waals surface area contributed by atoms with E-state index >= 15 is 0 Å². The molecular formula is C16H15ClN4O4S. The molecule has 0 saturated heterocycles. The van der Waals surface area contributed by atoms with Crippen LogP contribution in [-0.2, 0) is 14.4 Å². The predicted molar refractivity (Wildman–Crippen MR) is 96.6 cm³/mol. The highest BCUT2D eigenvalue weighted by atomic mass is 35.5. The molecule has 136 valence electrons. The van der Waals surface area contributed by atoms with Crippen LogP contribution >= 0.6 is 22.9 Å². The summed E-state index contributed by atoms with van der Waals surface area (Å²) in [6.07, 6.45) is 1.69. The van der Waals surface area contributed by atoms with Crippen molar-refractivity contribution in [2.24, 2.45) is 0 Å². The summed E-state index contributed by atoms with van der Waals surface area (Å²) < 4.78 is 0.862. The van der Waals surface area contributed by atoms with Crippen molar-refractivity contribution in [3.8, 4) is 0 Å². The molecule has 0 aliphatic heterocycles. The van der Waals surface area contributed by atoms with Crippen molar-refractivity contribution >= 4 is 56.7 Å². The first-order valence-electron chi connectivity index (χ1n) is 7.80. The Balaban J connectivity index is 1.47. The summed E-state index contributed by atoms with van der Waals surface area (Å²) in [4.78, 5) is 47.1. The number of hydrogen-bond acceptors (Lipinski definition) is 5. The smallest absolute Gasteiger partial charge is 0.327 e. The SMILES string of the molecule is O=C(CNC(=O)c1sc2ccccc2c1Cl)NNC(=O)C(=O)NC1CC1. The molecule has 1 fully saturated rings. The van der Waals surface area contributed by atoms with E-state index < -0.39 is 23.6 Å². The number of halogens is 1. The third-order valence-electron chi connectivity index (χ3n) is 3.58. The number of benzene rings is 1. The molecule has 3 rings (SSSR count). The van der Waals surface area contributed by atoms with Crippen molar-refractivity contribution in [1.82, 2.24) is 21.5 Å². The van der Waals surface area contributed by atoms with E-state index in [2.05, 4.69) is 16.1 Å². The third-order valence-corrected chi connectivity index (χ3v) is 5.26. The zero-order valence-electron chi connectivity index (χ0n) is 13.4. The minimum Gasteiger partial charge on any atom is -0.345 e. The second-order valence-corrected chi connectivity index (χ2v) is 7.10. The summed E-state index contributed by atoms with van der Waals surface area (Å²) in [7, 11) is 0. The molecule has 0 radical (unpaired) electrons. The summed E-state index contributed by atoms with van der Waals surface area (Å²) in [6.45, 7) is -0.381. The van der Waals surface area contributed by atoms with Gasteiger partial charge >= 0.3 is 11.8 Å². The van der Waals surface area contributed by atoms with Gasteiger partial charge in [0.05, 0.1) is 11.6 Å². The molecule has 1 saturated carbocycles. The van der Waals surface area contributed by atoms with Gasteiger partial charge in [-0.15, -0.1) is 11.3 Å². The Bertz CT molecular complexity index is 894. The molecule has 8 nitrogen and oxygen atoms in total. The quantitative estimate of drug-likeness (QED) is 0.451. The summed E-state index contributed by atoms with van der Waals surface area (Å²) in [5.41, 5.74) is 4.05. The molecule has 1 aromatic carbocycles. The molecule has 0 bridgehead atoms. The van der Waals surface area contributed by atoms with Crippen LogP contribution in [-0.4, -0.2) is 36.2 Å². The fourth-order valence-corrected chi connectivity index (χ4v) is 3.54. The first kappa shape index (κ1) is 18.2. The lowest BCUT2D eigenvalue weighted by Gasteiger charge is -2.08. The second kappa shape index (κ2) is 7.71. The first-order valence-corrected chi connectivity index (χ1v) is 9.00. The van der Waals surface area contributed by atoms with Crippen molar-refractivity contribution in [2.75, 3.05) is 6.54 Å². The highest BCUT2D eigenvalue weighted by Gasteiger charge is 2.26. The number of carbonyl (C=O) groups excluding carboxylic acids is 4. The Hall–Kier alpha value is -2.65. The monoisotopic (exact) mass is 394 g/mol. The van der Waals surface area contributed by atoms with E-state index in [9.17, 15) is 19.2 Å². The highest BCUT2D eigenvalue weighted by Crippen LogP contribution is 2.34. The van der Waals surface area contributed by atoms with Crippen molar-refractivity contribution < 1.29 is 19.2 Å². The lowest BCUT2D eigenvalue weighted by Crippen LogP contribution is -2.51. The number of nitrogens with one attached hydrogen (secondary N) is 4. The van der Waals surface area contributed by atoms with E-state index in [0.29, 0.717) is 9.90 Å². The number of fused-ring (bicyclic) bond motifs is 1. The maximum absolute atomic E-state index is 12.2. The largest absolute Gasteiger partial charge is 0.345 e. The molecule has 10 heteroatoms. The number of amides is 4. The minimum absolute atomic E-state index is 0.0364. The van der Waals surface area contributed by atoms with Crippen LogP contribution in [0.1, 0.15) is 22.5 Å². The number of rotatable bonds is 4. The zero-order chi connectivity index (χ0) is 18.7. The van der Waals surface area contributed by atoms with Gasteiger partial charge in [-0.05, 0) is 18.9 Å². The third kappa shape index (κ3) is 4.30. The van der Waals surface area contributed by atoms with E-state index in [4.69, 9.17) is 11.6 Å². The maximum Gasteiger partial charge on any atom is 0.327 e. The maximum atomic E-state index is 12.2. The van der Waals surface area contributed by atoms with E-state index in [-0.39, 0.29) is 12.6 Å². The van der Waals surface area contributed by atoms with Gasteiger partial charge in [0.2, 0.25) is 0 Å². The van der Waals surface area contributed by atoms with Gasteiger partial charge < -0.3 is 10.6 Å². The van der Waals surface area contributed by atoms with Gasteiger partial charge in [-0.1, -0.05) is 29.8 Å². The summed E-state index contributed by atoms with van der Waals surface area (Å²) in [5, 5.41) is 6.00. The van der Waals surface area contributed by atoms with Crippen LogP contribution < -0.4 is 21.5 Å². The Labute approximate surface area is 157 Å². The average molecular weight is 395 g/mol. The molecule has 1 aliphatic rings. The number of hydrogen-bond donors (Lipinski definition) is 4. The van der Waals surface area contributed by atoms with Gasteiger partial charge in [0.1, 0.15) is 4.88 Å². The van der Waals surface area contributed by atoms with Crippen LogP contribution in [0, 0.1) is 0 Å². The molecule has 4 amide bonds. The van der Waals surface area contributed by atoms with Gasteiger partial charge in [-0.3, -0.25) is 30.0 Å². The van der Waals surface area contributed by atoms with E-state index in [1.807, 2.05) is 23.6 Å². The van der Waals surface area contributed by atoms with Gasteiger partial charge in [0.25, 0.3) is 11.8 Å². The Kier molecular flexibility index (Phi) is 5.38. The first-order chi connectivity index (χ1) is 12.5. The number of hydrazine groups is 1. The molecule has 1 heterocycles. The molecule has 26 heavy (non-hydrogen) atoms. The van der Waals surface area contributed by atoms with Crippen LogP contribution in [0.2, 0.25) is 5.02 Å². The van der Waals surface area contributed by atoms with Gasteiger partial charge in [0.15, 0.2) is 0 Å². The molecule has 4 N–H and O–H groups in total. The highest BCUT2D eigenvalue weighted by molar-refractivity contribution is 7.21. The molecular weight excluding hydrogens is 380 g/mol. The van der Waals surface area contributed by atoms with Crippen molar-refractivity contribution in [3.63, 3.8) is 0 Å². The van der Waals surface area contributed by atoms with Gasteiger partial charge in [-0.25, -0.2) is 0 Å². The van der Waals surface area contributed by atoms with E-state index in [0.717, 1.165) is 22.9 Å². The van der Waals surface area contributed by atoms with Crippen molar-refractivity contribution in [1.29, 1.82) is 0 Å². The molecule has 2 aromatic rings. The predicted octanol–water partition coefficient (Wildman–Crippen LogP) is 0.711. The number of thiophene rings is 1. The van der Waals surface area contributed by atoms with Crippen molar-refractivity contribution in [3.05, 3.63) is 34.2 Å². The Morgan fingerprint density at radius 1 is 1.08 bits per heavy atom. The van der Waals surface area contributed by atoms with Crippen LogP contribution in [0.3, 0.4) is 0 Å². The lowest BCUT2D eigenvalue weighted by molar-refractivity contribution is -0.140. The van der Waals surface area contributed by atoms with Crippen molar-refractivity contribution in [2.45, 2.75) is 18.9 Å². The summed E-state index contributed by atoms with van der Waals surface area (Å²) >= 11 is 7.42. The van der Waals surface area contributed by atoms with Gasteiger partial charge in [-0.2, -0.15) is 0 Å². The Morgan fingerprint density at radius 2 is 1.81 bits per heavy atom. The summed E-state index contributed by atoms with van der Waals surface area (Å²) in [6, 6.07) is 7.34. The molecule has 1 aliphatic carbocycles. The van der Waals surface area contributed by atoms with E-state index in [1.54, 1.807) is 6.07 Å². The minimum atomic E-state index is -0.968. The fraction of sp³-hybridized carbons (Fsp3) is 0.250. The van der Waals surface area contributed by atoms with Crippen LogP contribution in [0.15, 0.2) is 24.3 Å². The standard InChI is InChI=1S/C16H15ClN4O4S/c17-12-9-3-1-2-4-10(9)26-13(12)14(23)18-7-11(22)20-21-16(25)15(24)19-8-5-6-8/h1-4,8H,5-7H2,(H,18,23)(H,19,24)(H,20,22)(H,21,25). The molecule has 0 spiro atoms. The zero-order valence-corrected chi connectivity index (χ0v) is 15.0. The van der Waals surface area contributed by atoms with Crippen LogP contribution in [0.4, 0.5) is 0 Å². The second-order valence-electron chi connectivity index (χ2n) is 5.67. The Morgan fingerprint density at radius 3 is 2.50 bits per heavy atom. The normalized spacial score (nSPS) is 13.1. The van der Waals surface area contributed by atoms with Gasteiger partial charge in [0, 0.05) is 16.1 Å². The van der Waals surface area contributed by atoms with E-state index in [1.165, 1.54) is 11.3 Å². The fourth-order valence-electron chi connectivity index (χ4n) is 2.11. The summed E-state index contributed by atoms with van der Waals surface area (Å²) in [5.74, 6) is -2.95. The molecule has 1 aromatic heterocycles. The number of carbonyl (C=O) groups is 4. The molecule has 0 unspecified atom stereocenters. The average Bonchev–Trinajstić information content (AvgIpc) is 3.39. The topological polar surface area (TPSA) is 116 Å². The lowest BCUT2D eigenvalue weighted by atomic mass is 10.2. The molecule has 0 atom stereocenters. The van der Waals surface area contributed by atoms with Crippen LogP contribution in [0.25, 0.3) is 10.1 Å². The van der Waals surface area contributed by atoms with Crippen LogP contribution in [0.5, 0.6) is 0 Å².